The Labute approximate surface area is 106 Å². The fourth-order valence-corrected chi connectivity index (χ4v) is 1.60. The van der Waals surface area contributed by atoms with Gasteiger partial charge in [0.15, 0.2) is 0 Å². The fraction of sp³-hybridized carbons (Fsp3) is 0.385. The zero-order chi connectivity index (χ0) is 13.5. The number of nitrogens with two attached hydrogens (primary N) is 1. The van der Waals surface area contributed by atoms with E-state index in [1.807, 2.05) is 30.3 Å². The number of carboxylic acids is 1. The number of benzene rings is 1. The van der Waals surface area contributed by atoms with Crippen molar-refractivity contribution in [3.8, 4) is 0 Å². The first-order valence-electron chi connectivity index (χ1n) is 5.80. The summed E-state index contributed by atoms with van der Waals surface area (Å²) in [6, 6.07) is 7.97. The van der Waals surface area contributed by atoms with Gasteiger partial charge in [-0.2, -0.15) is 0 Å². The first kappa shape index (κ1) is 14.2. The molecular formula is C13H18N2O3. The van der Waals surface area contributed by atoms with E-state index in [0.717, 1.165) is 5.56 Å². The van der Waals surface area contributed by atoms with Crippen molar-refractivity contribution in [3.63, 3.8) is 0 Å². The van der Waals surface area contributed by atoms with Crippen LogP contribution in [-0.4, -0.2) is 29.1 Å². The maximum Gasteiger partial charge on any atom is 0.326 e. The number of aliphatic carboxylic acids is 1. The summed E-state index contributed by atoms with van der Waals surface area (Å²) in [6.07, 6.45) is 0.388. The molecule has 0 aliphatic heterocycles. The number of carbonyl (C=O) groups excluding carboxylic acids is 1. The largest absolute Gasteiger partial charge is 0.480 e. The van der Waals surface area contributed by atoms with Gasteiger partial charge >= 0.3 is 5.97 Å². The van der Waals surface area contributed by atoms with E-state index >= 15 is 0 Å². The van der Waals surface area contributed by atoms with Crippen molar-refractivity contribution in [2.75, 3.05) is 0 Å². The molecule has 0 aliphatic carbocycles. The molecule has 0 aromatic heterocycles. The summed E-state index contributed by atoms with van der Waals surface area (Å²) in [5.74, 6) is -1.38. The van der Waals surface area contributed by atoms with Crippen LogP contribution in [-0.2, 0) is 16.0 Å². The summed E-state index contributed by atoms with van der Waals surface area (Å²) in [6.45, 7) is 1.70. The molecule has 1 rings (SSSR count). The van der Waals surface area contributed by atoms with Gasteiger partial charge < -0.3 is 16.2 Å². The second-order valence-electron chi connectivity index (χ2n) is 4.33. The van der Waals surface area contributed by atoms with Gasteiger partial charge in [0.1, 0.15) is 6.04 Å². The summed E-state index contributed by atoms with van der Waals surface area (Å²) in [5, 5.41) is 11.5. The lowest BCUT2D eigenvalue weighted by Crippen LogP contribution is -2.43. The number of rotatable bonds is 6. The van der Waals surface area contributed by atoms with E-state index in [1.54, 1.807) is 6.92 Å². The second kappa shape index (κ2) is 6.76. The lowest BCUT2D eigenvalue weighted by atomic mass is 10.1. The summed E-state index contributed by atoms with van der Waals surface area (Å²) >= 11 is 0. The van der Waals surface area contributed by atoms with E-state index in [0.29, 0.717) is 0 Å². The molecule has 0 bridgehead atoms. The molecule has 2 atom stereocenters. The number of carbonyl (C=O) groups is 2. The predicted octanol–water partition coefficient (Wildman–Crippen LogP) is 0.536. The van der Waals surface area contributed by atoms with Gasteiger partial charge in [-0.3, -0.25) is 4.79 Å². The Balaban J connectivity index is 2.61. The molecule has 18 heavy (non-hydrogen) atoms. The van der Waals surface area contributed by atoms with Crippen LogP contribution in [0.1, 0.15) is 18.9 Å². The third-order valence-electron chi connectivity index (χ3n) is 2.42. The third kappa shape index (κ3) is 4.97. The maximum absolute atomic E-state index is 11.5. The molecule has 5 heteroatoms. The van der Waals surface area contributed by atoms with Crippen LogP contribution in [0.5, 0.6) is 0 Å². The predicted molar refractivity (Wildman–Crippen MR) is 68.0 cm³/mol. The lowest BCUT2D eigenvalue weighted by Gasteiger charge is -2.15. The number of hydrogen-bond donors (Lipinski definition) is 3. The molecule has 0 saturated carbocycles. The van der Waals surface area contributed by atoms with E-state index in [4.69, 9.17) is 10.8 Å². The molecule has 4 N–H and O–H groups in total. The van der Waals surface area contributed by atoms with Crippen LogP contribution in [0.3, 0.4) is 0 Å². The van der Waals surface area contributed by atoms with Crippen molar-refractivity contribution < 1.29 is 14.7 Å². The molecule has 0 aliphatic rings. The smallest absolute Gasteiger partial charge is 0.326 e. The van der Waals surface area contributed by atoms with Crippen molar-refractivity contribution in [2.24, 2.45) is 5.73 Å². The van der Waals surface area contributed by atoms with E-state index in [1.165, 1.54) is 0 Å². The Bertz CT molecular complexity index is 404. The first-order chi connectivity index (χ1) is 8.49. The van der Waals surface area contributed by atoms with Crippen LogP contribution in [0.4, 0.5) is 0 Å². The van der Waals surface area contributed by atoms with Gasteiger partial charge in [-0.25, -0.2) is 4.79 Å². The standard InChI is InChI=1S/C13H18N2O3/c1-9(14)7-12(16)15-11(13(17)18)8-10-5-3-2-4-6-10/h2-6,9,11H,7-8,14H2,1H3,(H,15,16)(H,17,18)/t9?,11-/m1/s1. The van der Waals surface area contributed by atoms with E-state index in [2.05, 4.69) is 5.32 Å². The molecule has 0 heterocycles. The number of hydrogen-bond acceptors (Lipinski definition) is 3. The molecule has 0 saturated heterocycles. The van der Waals surface area contributed by atoms with Crippen LogP contribution in [0.15, 0.2) is 30.3 Å². The van der Waals surface area contributed by atoms with E-state index in [9.17, 15) is 9.59 Å². The van der Waals surface area contributed by atoms with Crippen LogP contribution in [0, 0.1) is 0 Å². The zero-order valence-electron chi connectivity index (χ0n) is 10.3. The number of carboxylic acid groups (broad SMARTS) is 1. The topological polar surface area (TPSA) is 92.4 Å². The average Bonchev–Trinajstić information content (AvgIpc) is 2.28. The Hall–Kier alpha value is -1.88. The van der Waals surface area contributed by atoms with Crippen molar-refractivity contribution in [2.45, 2.75) is 31.8 Å². The monoisotopic (exact) mass is 250 g/mol. The molecular weight excluding hydrogens is 232 g/mol. The van der Waals surface area contributed by atoms with Gasteiger partial charge in [0.2, 0.25) is 5.91 Å². The molecule has 0 fully saturated rings. The highest BCUT2D eigenvalue weighted by Crippen LogP contribution is 2.04. The summed E-state index contributed by atoms with van der Waals surface area (Å²) in [4.78, 5) is 22.6. The van der Waals surface area contributed by atoms with Crippen molar-refractivity contribution in [1.29, 1.82) is 0 Å². The van der Waals surface area contributed by atoms with Crippen molar-refractivity contribution in [1.82, 2.24) is 5.32 Å². The van der Waals surface area contributed by atoms with Gasteiger partial charge in [-0.15, -0.1) is 0 Å². The van der Waals surface area contributed by atoms with Crippen LogP contribution in [0.25, 0.3) is 0 Å². The van der Waals surface area contributed by atoms with E-state index in [-0.39, 0.29) is 24.8 Å². The number of nitrogens with one attached hydrogen (secondary N) is 1. The highest BCUT2D eigenvalue weighted by Gasteiger charge is 2.20. The summed E-state index contributed by atoms with van der Waals surface area (Å²) < 4.78 is 0. The maximum atomic E-state index is 11.5. The minimum Gasteiger partial charge on any atom is -0.480 e. The molecule has 0 spiro atoms. The molecule has 98 valence electrons. The van der Waals surface area contributed by atoms with Crippen LogP contribution < -0.4 is 11.1 Å². The number of amides is 1. The average molecular weight is 250 g/mol. The third-order valence-corrected chi connectivity index (χ3v) is 2.42. The minimum atomic E-state index is -1.04. The van der Waals surface area contributed by atoms with E-state index < -0.39 is 12.0 Å². The lowest BCUT2D eigenvalue weighted by molar-refractivity contribution is -0.141. The van der Waals surface area contributed by atoms with Gasteiger partial charge in [0.25, 0.3) is 0 Å². The van der Waals surface area contributed by atoms with Gasteiger partial charge in [0.05, 0.1) is 0 Å². The van der Waals surface area contributed by atoms with Crippen LogP contribution >= 0.6 is 0 Å². The van der Waals surface area contributed by atoms with Gasteiger partial charge in [0, 0.05) is 18.9 Å². The molecule has 0 radical (unpaired) electrons. The Kier molecular flexibility index (Phi) is 5.32. The highest BCUT2D eigenvalue weighted by atomic mass is 16.4. The molecule has 1 unspecified atom stereocenters. The first-order valence-corrected chi connectivity index (χ1v) is 5.80. The van der Waals surface area contributed by atoms with Crippen LogP contribution in [0.2, 0.25) is 0 Å². The molecule has 1 aromatic rings. The molecule has 5 nitrogen and oxygen atoms in total. The summed E-state index contributed by atoms with van der Waals surface area (Å²) in [5.41, 5.74) is 6.36. The highest BCUT2D eigenvalue weighted by molar-refractivity contribution is 5.84. The van der Waals surface area contributed by atoms with Crippen molar-refractivity contribution in [3.05, 3.63) is 35.9 Å². The SMILES string of the molecule is CC(N)CC(=O)N[C@H](Cc1ccccc1)C(=O)O. The van der Waals surface area contributed by atoms with Gasteiger partial charge in [-0.05, 0) is 12.5 Å². The normalized spacial score (nSPS) is 13.7. The van der Waals surface area contributed by atoms with Gasteiger partial charge in [-0.1, -0.05) is 30.3 Å². The summed E-state index contributed by atoms with van der Waals surface area (Å²) in [7, 11) is 0. The second-order valence-corrected chi connectivity index (χ2v) is 4.33. The molecule has 1 amide bonds. The Morgan fingerprint density at radius 3 is 2.44 bits per heavy atom. The minimum absolute atomic E-state index is 0.124. The Morgan fingerprint density at radius 1 is 1.33 bits per heavy atom. The Morgan fingerprint density at radius 2 is 1.94 bits per heavy atom. The fourth-order valence-electron chi connectivity index (χ4n) is 1.60. The quantitative estimate of drug-likeness (QED) is 0.687. The molecule has 1 aromatic carbocycles. The van der Waals surface area contributed by atoms with Crippen molar-refractivity contribution >= 4 is 11.9 Å². The zero-order valence-corrected chi connectivity index (χ0v) is 10.3.